The Morgan fingerprint density at radius 3 is 2.69 bits per heavy atom. The van der Waals surface area contributed by atoms with E-state index in [0.29, 0.717) is 17.6 Å². The quantitative estimate of drug-likeness (QED) is 0.909. The fourth-order valence-corrected chi connectivity index (χ4v) is 4.29. The number of hydrogen-bond acceptors (Lipinski definition) is 6. The summed E-state index contributed by atoms with van der Waals surface area (Å²) in [6, 6.07) is 2.00. The van der Waals surface area contributed by atoms with Crippen LogP contribution in [-0.2, 0) is 0 Å². The van der Waals surface area contributed by atoms with Gasteiger partial charge in [0.2, 0.25) is 11.7 Å². The monoisotopic (exact) mass is 353 g/mol. The van der Waals surface area contributed by atoms with E-state index in [1.807, 2.05) is 6.07 Å². The molecule has 7 nitrogen and oxygen atoms in total. The Kier molecular flexibility index (Phi) is 3.69. The van der Waals surface area contributed by atoms with Gasteiger partial charge in [0.25, 0.3) is 5.91 Å². The van der Waals surface area contributed by atoms with Crippen LogP contribution >= 0.6 is 0 Å². The second kappa shape index (κ2) is 6.07. The van der Waals surface area contributed by atoms with E-state index in [9.17, 15) is 4.79 Å². The topological polar surface area (TPSA) is 84.2 Å². The van der Waals surface area contributed by atoms with Crippen molar-refractivity contribution in [1.82, 2.24) is 20.3 Å². The average Bonchev–Trinajstić information content (AvgIpc) is 3.38. The lowest BCUT2D eigenvalue weighted by Crippen LogP contribution is -2.61. The SMILES string of the molecule is O=C(NC1CCN(c2ncccn2)CC12CCC2)c1cnc(C2CC2)o1. The highest BCUT2D eigenvalue weighted by Gasteiger charge is 2.49. The predicted molar refractivity (Wildman–Crippen MR) is 94.9 cm³/mol. The van der Waals surface area contributed by atoms with Gasteiger partial charge in [-0.05, 0) is 38.2 Å². The fraction of sp³-hybridized carbons (Fsp3) is 0.579. The van der Waals surface area contributed by atoms with E-state index in [-0.39, 0.29) is 17.4 Å². The molecule has 0 radical (unpaired) electrons. The van der Waals surface area contributed by atoms with Crippen molar-refractivity contribution in [1.29, 1.82) is 0 Å². The van der Waals surface area contributed by atoms with Gasteiger partial charge in [0, 0.05) is 42.9 Å². The zero-order valence-electron chi connectivity index (χ0n) is 14.7. The van der Waals surface area contributed by atoms with Gasteiger partial charge in [0.15, 0.2) is 5.89 Å². The number of hydrogen-bond donors (Lipinski definition) is 1. The van der Waals surface area contributed by atoms with E-state index < -0.39 is 0 Å². The Labute approximate surface area is 152 Å². The van der Waals surface area contributed by atoms with Crippen LogP contribution in [0.5, 0.6) is 0 Å². The van der Waals surface area contributed by atoms with Crippen LogP contribution in [-0.4, -0.2) is 40.0 Å². The van der Waals surface area contributed by atoms with Crippen molar-refractivity contribution in [3.8, 4) is 0 Å². The van der Waals surface area contributed by atoms with Crippen molar-refractivity contribution in [2.45, 2.75) is 50.5 Å². The molecule has 3 aliphatic rings. The number of nitrogens with one attached hydrogen (secondary N) is 1. The van der Waals surface area contributed by atoms with Gasteiger partial charge in [-0.25, -0.2) is 15.0 Å². The molecule has 3 fully saturated rings. The first kappa shape index (κ1) is 15.8. The van der Waals surface area contributed by atoms with Gasteiger partial charge >= 0.3 is 0 Å². The molecule has 1 saturated heterocycles. The summed E-state index contributed by atoms with van der Waals surface area (Å²) in [5, 5.41) is 3.23. The summed E-state index contributed by atoms with van der Waals surface area (Å²) in [5.74, 6) is 2.13. The van der Waals surface area contributed by atoms with Gasteiger partial charge in [-0.15, -0.1) is 0 Å². The molecule has 2 saturated carbocycles. The van der Waals surface area contributed by atoms with Crippen molar-refractivity contribution in [2.24, 2.45) is 5.41 Å². The third-order valence-corrected chi connectivity index (χ3v) is 6.10. The van der Waals surface area contributed by atoms with Crippen molar-refractivity contribution in [3.63, 3.8) is 0 Å². The molecule has 1 atom stereocenters. The lowest BCUT2D eigenvalue weighted by molar-refractivity contribution is 0.0507. The first-order valence-electron chi connectivity index (χ1n) is 9.52. The second-order valence-electron chi connectivity index (χ2n) is 7.84. The minimum absolute atomic E-state index is 0.118. The summed E-state index contributed by atoms with van der Waals surface area (Å²) >= 11 is 0. The van der Waals surface area contributed by atoms with Crippen molar-refractivity contribution in [3.05, 3.63) is 36.3 Å². The molecule has 26 heavy (non-hydrogen) atoms. The van der Waals surface area contributed by atoms with Crippen molar-refractivity contribution >= 4 is 11.9 Å². The van der Waals surface area contributed by atoms with Gasteiger partial charge in [0.05, 0.1) is 6.20 Å². The molecular weight excluding hydrogens is 330 g/mol. The molecule has 3 heterocycles. The Morgan fingerprint density at radius 1 is 1.19 bits per heavy atom. The molecule has 0 aromatic carbocycles. The zero-order valence-corrected chi connectivity index (χ0v) is 14.7. The smallest absolute Gasteiger partial charge is 0.288 e. The lowest BCUT2D eigenvalue weighted by atomic mass is 9.61. The largest absolute Gasteiger partial charge is 0.435 e. The van der Waals surface area contributed by atoms with Gasteiger partial charge in [0.1, 0.15) is 0 Å². The molecule has 136 valence electrons. The highest BCUT2D eigenvalue weighted by Crippen LogP contribution is 2.48. The Hall–Kier alpha value is -2.44. The number of amides is 1. The standard InChI is InChI=1S/C19H23N5O2/c25-16(14-11-22-17(26-14)13-3-4-13)23-15-5-10-24(12-19(15)6-1-7-19)18-20-8-2-9-21-18/h2,8-9,11,13,15H,1,3-7,10,12H2,(H,23,25). The molecule has 1 spiro atoms. The second-order valence-corrected chi connectivity index (χ2v) is 7.84. The molecule has 1 aliphatic heterocycles. The fourth-order valence-electron chi connectivity index (χ4n) is 4.29. The van der Waals surface area contributed by atoms with Crippen molar-refractivity contribution in [2.75, 3.05) is 18.0 Å². The van der Waals surface area contributed by atoms with Crippen LogP contribution in [0.15, 0.2) is 29.1 Å². The summed E-state index contributed by atoms with van der Waals surface area (Å²) in [5.41, 5.74) is 0.118. The summed E-state index contributed by atoms with van der Waals surface area (Å²) < 4.78 is 5.67. The number of carbonyl (C=O) groups is 1. The van der Waals surface area contributed by atoms with Crippen LogP contribution in [0.3, 0.4) is 0 Å². The lowest BCUT2D eigenvalue weighted by Gasteiger charge is -2.53. The number of nitrogens with zero attached hydrogens (tertiary/aromatic N) is 4. The van der Waals surface area contributed by atoms with Crippen LogP contribution in [0.25, 0.3) is 0 Å². The Bertz CT molecular complexity index is 797. The van der Waals surface area contributed by atoms with E-state index in [4.69, 9.17) is 4.42 Å². The van der Waals surface area contributed by atoms with E-state index >= 15 is 0 Å². The predicted octanol–water partition coefficient (Wildman–Crippen LogP) is 2.52. The van der Waals surface area contributed by atoms with E-state index in [0.717, 1.165) is 51.1 Å². The molecule has 5 rings (SSSR count). The maximum absolute atomic E-state index is 12.7. The number of aromatic nitrogens is 3. The minimum Gasteiger partial charge on any atom is -0.435 e. The average molecular weight is 353 g/mol. The minimum atomic E-state index is -0.134. The first-order chi connectivity index (χ1) is 12.7. The molecule has 2 aromatic heterocycles. The van der Waals surface area contributed by atoms with Crippen molar-refractivity contribution < 1.29 is 9.21 Å². The Balaban J connectivity index is 1.29. The zero-order chi connectivity index (χ0) is 17.6. The van der Waals surface area contributed by atoms with Crippen LogP contribution < -0.4 is 10.2 Å². The number of anilines is 1. The van der Waals surface area contributed by atoms with Crippen LogP contribution in [0.1, 0.15) is 60.9 Å². The van der Waals surface area contributed by atoms with Crippen LogP contribution in [0.2, 0.25) is 0 Å². The van der Waals surface area contributed by atoms with E-state index in [1.165, 1.54) is 6.42 Å². The molecule has 7 heteroatoms. The number of carbonyl (C=O) groups excluding carboxylic acids is 1. The normalized spacial score (nSPS) is 24.3. The van der Waals surface area contributed by atoms with Crippen LogP contribution in [0.4, 0.5) is 5.95 Å². The number of rotatable bonds is 4. The first-order valence-corrected chi connectivity index (χ1v) is 9.52. The van der Waals surface area contributed by atoms with Gasteiger partial charge in [-0.1, -0.05) is 6.42 Å². The maximum Gasteiger partial charge on any atom is 0.288 e. The maximum atomic E-state index is 12.7. The summed E-state index contributed by atoms with van der Waals surface area (Å²) in [7, 11) is 0. The van der Waals surface area contributed by atoms with E-state index in [2.05, 4.69) is 25.2 Å². The molecule has 1 amide bonds. The molecule has 1 unspecified atom stereocenters. The summed E-state index contributed by atoms with van der Waals surface area (Å²) in [4.78, 5) is 28.0. The van der Waals surface area contributed by atoms with E-state index in [1.54, 1.807) is 18.6 Å². The Morgan fingerprint density at radius 2 is 2.00 bits per heavy atom. The molecule has 2 aliphatic carbocycles. The molecular formula is C19H23N5O2. The third kappa shape index (κ3) is 2.75. The van der Waals surface area contributed by atoms with Crippen LogP contribution in [0, 0.1) is 5.41 Å². The summed E-state index contributed by atoms with van der Waals surface area (Å²) in [6.07, 6.45) is 11.7. The molecule has 1 N–H and O–H groups in total. The van der Waals surface area contributed by atoms with Gasteiger partial charge < -0.3 is 14.6 Å². The highest BCUT2D eigenvalue weighted by atomic mass is 16.4. The summed E-state index contributed by atoms with van der Waals surface area (Å²) in [6.45, 7) is 1.74. The highest BCUT2D eigenvalue weighted by molar-refractivity contribution is 5.91. The molecule has 2 aromatic rings. The van der Waals surface area contributed by atoms with Gasteiger partial charge in [-0.3, -0.25) is 4.79 Å². The number of piperidine rings is 1. The molecule has 0 bridgehead atoms. The number of oxazole rings is 1. The van der Waals surface area contributed by atoms with Gasteiger partial charge in [-0.2, -0.15) is 0 Å². The third-order valence-electron chi connectivity index (χ3n) is 6.10.